The fraction of sp³-hybridized carbons (Fsp3) is 0.808. The van der Waals surface area contributed by atoms with Crippen LogP contribution in [0.4, 0.5) is 0 Å². The number of rotatable bonds is 23. The molecule has 0 aliphatic heterocycles. The lowest BCUT2D eigenvalue weighted by Crippen LogP contribution is -2.37. The van der Waals surface area contributed by atoms with Crippen molar-refractivity contribution in [1.29, 1.82) is 0 Å². The number of carbonyl (C=O) groups excluding carboxylic acids is 1. The van der Waals surface area contributed by atoms with E-state index >= 15 is 0 Å². The third-order valence-corrected chi connectivity index (χ3v) is 6.03. The zero-order chi connectivity index (χ0) is 26.4. The summed E-state index contributed by atoms with van der Waals surface area (Å²) in [7, 11) is 1.64. The third-order valence-electron chi connectivity index (χ3n) is 5.05. The average Bonchev–Trinajstić information content (AvgIpc) is 2.75. The molecule has 0 amide bonds. The van der Waals surface area contributed by atoms with Crippen molar-refractivity contribution >= 4 is 13.8 Å². The zero-order valence-electron chi connectivity index (χ0n) is 22.8. The minimum Gasteiger partial charge on any atom is -0.458 e. The van der Waals surface area contributed by atoms with Gasteiger partial charge < -0.3 is 18.9 Å². The summed E-state index contributed by atoms with van der Waals surface area (Å²) in [4.78, 5) is 21.2. The summed E-state index contributed by atoms with van der Waals surface area (Å²) in [5.74, 6) is -0.497. The predicted molar refractivity (Wildman–Crippen MR) is 141 cm³/mol. The van der Waals surface area contributed by atoms with E-state index in [1.165, 1.54) is 45.4 Å². The summed E-state index contributed by atoms with van der Waals surface area (Å²) < 4.78 is 33.4. The first-order chi connectivity index (χ1) is 16.6. The first-order valence-corrected chi connectivity index (χ1v) is 14.5. The SMILES string of the molecule is CCC/C=C\C/C=C\CCCCCCCCOCC(COP(=O)(O)OCC[N+](C)(C)C)OC(C)=O. The summed E-state index contributed by atoms with van der Waals surface area (Å²) in [6.45, 7) is 4.50. The molecule has 206 valence electrons. The Morgan fingerprint density at radius 2 is 1.51 bits per heavy atom. The summed E-state index contributed by atoms with van der Waals surface area (Å²) in [6.07, 6.45) is 19.7. The van der Waals surface area contributed by atoms with Gasteiger partial charge in [-0.15, -0.1) is 0 Å². The van der Waals surface area contributed by atoms with E-state index in [1.54, 1.807) is 0 Å². The van der Waals surface area contributed by atoms with Crippen LogP contribution in [0.2, 0.25) is 0 Å². The Hall–Kier alpha value is -1.02. The highest BCUT2D eigenvalue weighted by molar-refractivity contribution is 7.47. The number of phosphoric ester groups is 1. The normalized spacial score (nSPS) is 15.0. The average molecular weight is 521 g/mol. The Morgan fingerprint density at radius 3 is 2.14 bits per heavy atom. The molecule has 0 aromatic carbocycles. The number of hydrogen-bond donors (Lipinski definition) is 1. The molecule has 0 saturated heterocycles. The first-order valence-electron chi connectivity index (χ1n) is 13.0. The van der Waals surface area contributed by atoms with Crippen molar-refractivity contribution in [2.75, 3.05) is 54.1 Å². The van der Waals surface area contributed by atoms with Crippen LogP contribution in [0.25, 0.3) is 0 Å². The van der Waals surface area contributed by atoms with Gasteiger partial charge in [0.15, 0.2) is 0 Å². The van der Waals surface area contributed by atoms with Gasteiger partial charge in [-0.1, -0.05) is 63.3 Å². The molecule has 0 fully saturated rings. The van der Waals surface area contributed by atoms with E-state index in [9.17, 15) is 14.3 Å². The van der Waals surface area contributed by atoms with E-state index in [4.69, 9.17) is 18.5 Å². The largest absolute Gasteiger partial charge is 0.472 e. The first kappa shape index (κ1) is 34.0. The minimum atomic E-state index is -4.22. The fourth-order valence-corrected chi connectivity index (χ4v) is 3.80. The molecule has 0 aromatic rings. The molecule has 0 radical (unpaired) electrons. The fourth-order valence-electron chi connectivity index (χ4n) is 3.06. The molecule has 8 nitrogen and oxygen atoms in total. The van der Waals surface area contributed by atoms with Crippen LogP contribution in [0.15, 0.2) is 24.3 Å². The predicted octanol–water partition coefficient (Wildman–Crippen LogP) is 5.81. The summed E-state index contributed by atoms with van der Waals surface area (Å²) in [6, 6.07) is 0. The number of allylic oxidation sites excluding steroid dienone is 4. The van der Waals surface area contributed by atoms with Crippen LogP contribution in [-0.2, 0) is 27.9 Å². The molecule has 2 atom stereocenters. The third kappa shape index (κ3) is 25.9. The van der Waals surface area contributed by atoms with Crippen molar-refractivity contribution in [2.45, 2.75) is 84.2 Å². The number of quaternary nitrogens is 1. The molecule has 0 bridgehead atoms. The van der Waals surface area contributed by atoms with Crippen LogP contribution in [-0.4, -0.2) is 75.6 Å². The second-order valence-electron chi connectivity index (χ2n) is 9.80. The van der Waals surface area contributed by atoms with Crippen molar-refractivity contribution in [3.63, 3.8) is 0 Å². The monoisotopic (exact) mass is 520 g/mol. The van der Waals surface area contributed by atoms with Crippen LogP contribution < -0.4 is 0 Å². The molecule has 0 heterocycles. The Morgan fingerprint density at radius 1 is 0.886 bits per heavy atom. The maximum atomic E-state index is 12.0. The van der Waals surface area contributed by atoms with Crippen LogP contribution >= 0.6 is 7.82 Å². The highest BCUT2D eigenvalue weighted by atomic mass is 31.2. The number of esters is 1. The van der Waals surface area contributed by atoms with E-state index < -0.39 is 19.9 Å². The molecule has 2 unspecified atom stereocenters. The van der Waals surface area contributed by atoms with E-state index in [1.807, 2.05) is 21.1 Å². The van der Waals surface area contributed by atoms with E-state index in [2.05, 4.69) is 31.2 Å². The highest BCUT2D eigenvalue weighted by Crippen LogP contribution is 2.43. The molecule has 9 heteroatoms. The van der Waals surface area contributed by atoms with Crippen molar-refractivity contribution < 1.29 is 37.3 Å². The van der Waals surface area contributed by atoms with Crippen molar-refractivity contribution in [1.82, 2.24) is 0 Å². The lowest BCUT2D eigenvalue weighted by molar-refractivity contribution is -0.870. The van der Waals surface area contributed by atoms with Crippen molar-refractivity contribution in [3.8, 4) is 0 Å². The van der Waals surface area contributed by atoms with Gasteiger partial charge >= 0.3 is 13.8 Å². The molecular weight excluding hydrogens is 469 g/mol. The summed E-state index contributed by atoms with van der Waals surface area (Å²) in [5, 5.41) is 0. The van der Waals surface area contributed by atoms with Gasteiger partial charge in [-0.05, 0) is 32.1 Å². The lowest BCUT2D eigenvalue weighted by Gasteiger charge is -2.24. The lowest BCUT2D eigenvalue weighted by atomic mass is 10.1. The van der Waals surface area contributed by atoms with Gasteiger partial charge in [0.1, 0.15) is 19.3 Å². The van der Waals surface area contributed by atoms with Gasteiger partial charge in [-0.25, -0.2) is 4.57 Å². The van der Waals surface area contributed by atoms with Crippen molar-refractivity contribution in [3.05, 3.63) is 24.3 Å². The maximum absolute atomic E-state index is 12.0. The maximum Gasteiger partial charge on any atom is 0.472 e. The van der Waals surface area contributed by atoms with Gasteiger partial charge in [-0.3, -0.25) is 13.8 Å². The Balaban J connectivity index is 3.87. The van der Waals surface area contributed by atoms with Crippen LogP contribution in [0.5, 0.6) is 0 Å². The number of ether oxygens (including phenoxy) is 2. The molecule has 0 rings (SSSR count). The number of nitrogens with zero attached hydrogens (tertiary/aromatic N) is 1. The number of carbonyl (C=O) groups is 1. The van der Waals surface area contributed by atoms with Crippen LogP contribution in [0.1, 0.15) is 78.1 Å². The van der Waals surface area contributed by atoms with Gasteiger partial charge in [0, 0.05) is 13.5 Å². The number of likely N-dealkylation sites (N-methyl/N-ethyl adjacent to an activating group) is 1. The molecule has 0 saturated carbocycles. The molecule has 0 spiro atoms. The zero-order valence-corrected chi connectivity index (χ0v) is 23.7. The topological polar surface area (TPSA) is 91.3 Å². The molecule has 1 N–H and O–H groups in total. The quantitative estimate of drug-likeness (QED) is 0.0598. The summed E-state index contributed by atoms with van der Waals surface area (Å²) in [5.41, 5.74) is 0. The highest BCUT2D eigenvalue weighted by Gasteiger charge is 2.25. The van der Waals surface area contributed by atoms with Gasteiger partial charge in [0.25, 0.3) is 0 Å². The molecule has 35 heavy (non-hydrogen) atoms. The van der Waals surface area contributed by atoms with Crippen LogP contribution in [0, 0.1) is 0 Å². The Bertz CT molecular complexity index is 632. The number of phosphoric acid groups is 1. The standard InChI is InChI=1S/C26H50NO7P/c1-6-7-8-9-10-11-12-13-14-15-16-17-18-19-21-31-23-26(34-25(2)28)24-33-35(29,30)32-22-20-27(3,4)5/h8-9,11-12,26H,6-7,10,13-24H2,1-5H3/p+1/b9-8-,12-11-. The Kier molecular flexibility index (Phi) is 20.5. The molecule has 0 aliphatic carbocycles. The number of unbranched alkanes of at least 4 members (excludes halogenated alkanes) is 7. The minimum absolute atomic E-state index is 0.0828. The van der Waals surface area contributed by atoms with Crippen molar-refractivity contribution in [2.24, 2.45) is 0 Å². The summed E-state index contributed by atoms with van der Waals surface area (Å²) >= 11 is 0. The van der Waals surface area contributed by atoms with Gasteiger partial charge in [0.05, 0.1) is 34.4 Å². The van der Waals surface area contributed by atoms with Crippen LogP contribution in [0.3, 0.4) is 0 Å². The molecular formula is C26H51NO7P+. The van der Waals surface area contributed by atoms with E-state index in [0.29, 0.717) is 17.6 Å². The van der Waals surface area contributed by atoms with Gasteiger partial charge in [-0.2, -0.15) is 0 Å². The second-order valence-corrected chi connectivity index (χ2v) is 11.2. The number of hydrogen-bond acceptors (Lipinski definition) is 6. The van der Waals surface area contributed by atoms with E-state index in [-0.39, 0.29) is 19.8 Å². The van der Waals surface area contributed by atoms with Gasteiger partial charge in [0.2, 0.25) is 0 Å². The molecule has 0 aromatic heterocycles. The van der Waals surface area contributed by atoms with E-state index in [0.717, 1.165) is 25.7 Å². The Labute approximate surface area is 213 Å². The second kappa shape index (κ2) is 21.1. The smallest absolute Gasteiger partial charge is 0.458 e. The molecule has 0 aliphatic rings.